The molecule has 0 radical (unpaired) electrons. The van der Waals surface area contributed by atoms with Gasteiger partial charge in [0.15, 0.2) is 5.60 Å². The lowest BCUT2D eigenvalue weighted by molar-refractivity contribution is -0.131. The number of rotatable bonds is 3. The van der Waals surface area contributed by atoms with Crippen LogP contribution >= 0.6 is 23.2 Å². The van der Waals surface area contributed by atoms with Crippen LogP contribution in [0.5, 0.6) is 0 Å². The number of carbonyl (C=O) groups is 1. The van der Waals surface area contributed by atoms with Crippen LogP contribution in [0.1, 0.15) is 12.5 Å². The fourth-order valence-electron chi connectivity index (χ4n) is 1.88. The number of aliphatic hydroxyl groups is 1. The van der Waals surface area contributed by atoms with Crippen molar-refractivity contribution in [2.45, 2.75) is 12.5 Å². The number of ketones is 1. The summed E-state index contributed by atoms with van der Waals surface area (Å²) >= 11 is 11.8. The number of benzene rings is 1. The summed E-state index contributed by atoms with van der Waals surface area (Å²) < 4.78 is 29.7. The van der Waals surface area contributed by atoms with Gasteiger partial charge in [0.25, 0.3) is 5.78 Å². The highest BCUT2D eigenvalue weighted by molar-refractivity contribution is 7.88. The van der Waals surface area contributed by atoms with E-state index in [4.69, 9.17) is 27.9 Å². The summed E-state index contributed by atoms with van der Waals surface area (Å²) in [7, 11) is -3.71. The minimum absolute atomic E-state index is 0.277. The zero-order valence-corrected chi connectivity index (χ0v) is 13.3. The van der Waals surface area contributed by atoms with E-state index in [1.165, 1.54) is 25.1 Å². The van der Waals surface area contributed by atoms with Crippen LogP contribution in [0.3, 0.4) is 0 Å². The molecule has 1 atom stereocenters. The van der Waals surface area contributed by atoms with Crippen molar-refractivity contribution < 1.29 is 23.1 Å². The van der Waals surface area contributed by atoms with Crippen molar-refractivity contribution in [2.75, 3.05) is 6.26 Å². The molecular formula is C12H11Cl2NO5S. The van der Waals surface area contributed by atoms with Crippen LogP contribution in [0.15, 0.2) is 29.8 Å². The van der Waals surface area contributed by atoms with Crippen molar-refractivity contribution in [3.05, 3.63) is 45.5 Å². The van der Waals surface area contributed by atoms with Gasteiger partial charge in [0.1, 0.15) is 0 Å². The van der Waals surface area contributed by atoms with Gasteiger partial charge in [-0.25, -0.2) is 8.42 Å². The lowest BCUT2D eigenvalue weighted by Gasteiger charge is -2.24. The Morgan fingerprint density at radius 3 is 2.24 bits per heavy atom. The summed E-state index contributed by atoms with van der Waals surface area (Å²) in [6, 6.07) is 4.36. The molecular weight excluding hydrogens is 341 g/mol. The Labute approximate surface area is 131 Å². The molecule has 1 aromatic carbocycles. The maximum Gasteiger partial charge on any atom is 0.250 e. The lowest BCUT2D eigenvalue weighted by Crippen LogP contribution is -2.32. The molecule has 2 N–H and O–H groups in total. The van der Waals surface area contributed by atoms with Crippen molar-refractivity contribution in [1.82, 2.24) is 4.72 Å². The average molecular weight is 352 g/mol. The monoisotopic (exact) mass is 351 g/mol. The first kappa shape index (κ1) is 15.9. The van der Waals surface area contributed by atoms with Gasteiger partial charge in [-0.1, -0.05) is 23.2 Å². The highest BCUT2D eigenvalue weighted by Crippen LogP contribution is 2.39. The van der Waals surface area contributed by atoms with Crippen LogP contribution < -0.4 is 4.72 Å². The third-order valence-electron chi connectivity index (χ3n) is 2.86. The Hall–Kier alpha value is -1.44. The first-order valence-corrected chi connectivity index (χ1v) is 8.29. The second-order valence-corrected chi connectivity index (χ2v) is 7.30. The van der Waals surface area contributed by atoms with E-state index in [1.807, 2.05) is 4.72 Å². The molecule has 2 rings (SSSR count). The normalized spacial score (nSPS) is 22.4. The van der Waals surface area contributed by atoms with E-state index in [0.29, 0.717) is 5.56 Å². The largest absolute Gasteiger partial charge is 0.501 e. The minimum atomic E-state index is -3.71. The maximum absolute atomic E-state index is 12.2. The number of aliphatic hydroxyl groups excluding tert-OH is 1. The minimum Gasteiger partial charge on any atom is -0.501 e. The predicted molar refractivity (Wildman–Crippen MR) is 77.5 cm³/mol. The van der Waals surface area contributed by atoms with E-state index in [9.17, 15) is 18.3 Å². The third-order valence-corrected chi connectivity index (χ3v) is 3.85. The molecule has 6 nitrogen and oxygen atoms in total. The molecule has 0 saturated carbocycles. The summed E-state index contributed by atoms with van der Waals surface area (Å²) in [4.78, 5) is 12.2. The summed E-state index contributed by atoms with van der Waals surface area (Å²) in [6.45, 7) is 1.38. The van der Waals surface area contributed by atoms with Crippen LogP contribution in [0.4, 0.5) is 0 Å². The van der Waals surface area contributed by atoms with Gasteiger partial charge in [0.05, 0.1) is 6.26 Å². The standard InChI is InChI=1S/C12H11Cl2NO5S/c1-12(6-3-7(13)5-8(14)4-6)10(17)9(16)11(20-12)15-21(2,18)19/h3-5,15-16H,1-2H3. The Balaban J connectivity index is 2.45. The van der Waals surface area contributed by atoms with Crippen molar-refractivity contribution in [2.24, 2.45) is 0 Å². The summed E-state index contributed by atoms with van der Waals surface area (Å²) in [5, 5.41) is 10.3. The first-order chi connectivity index (χ1) is 9.53. The Kier molecular flexibility index (Phi) is 3.86. The number of Topliss-reactive ketones (excluding diaryl/α,β-unsaturated/α-hetero) is 1. The van der Waals surface area contributed by atoms with Crippen molar-refractivity contribution in [3.8, 4) is 0 Å². The molecule has 21 heavy (non-hydrogen) atoms. The second-order valence-electron chi connectivity index (χ2n) is 4.67. The number of ether oxygens (including phenoxy) is 1. The molecule has 1 unspecified atom stereocenters. The molecule has 0 fully saturated rings. The highest BCUT2D eigenvalue weighted by Gasteiger charge is 2.48. The van der Waals surface area contributed by atoms with Crippen LogP contribution in [0.25, 0.3) is 0 Å². The molecule has 0 spiro atoms. The van der Waals surface area contributed by atoms with Gasteiger partial charge in [0.2, 0.25) is 21.7 Å². The van der Waals surface area contributed by atoms with Gasteiger partial charge < -0.3 is 9.84 Å². The highest BCUT2D eigenvalue weighted by atomic mass is 35.5. The number of carbonyl (C=O) groups excluding carboxylic acids is 1. The average Bonchev–Trinajstić information content (AvgIpc) is 2.52. The van der Waals surface area contributed by atoms with Gasteiger partial charge in [-0.2, -0.15) is 0 Å². The van der Waals surface area contributed by atoms with Crippen LogP contribution in [-0.4, -0.2) is 25.6 Å². The molecule has 1 heterocycles. The molecule has 0 aromatic heterocycles. The SMILES string of the molecule is CC1(c2cc(Cl)cc(Cl)c2)OC(NS(C)(=O)=O)=C(O)C1=O. The number of sulfonamides is 1. The van der Waals surface area contributed by atoms with Crippen molar-refractivity contribution in [1.29, 1.82) is 0 Å². The van der Waals surface area contributed by atoms with Gasteiger partial charge in [0, 0.05) is 15.6 Å². The molecule has 9 heteroatoms. The quantitative estimate of drug-likeness (QED) is 0.869. The van der Waals surface area contributed by atoms with Gasteiger partial charge in [-0.15, -0.1) is 0 Å². The molecule has 1 aliphatic heterocycles. The number of hydrogen-bond acceptors (Lipinski definition) is 5. The molecule has 114 valence electrons. The smallest absolute Gasteiger partial charge is 0.250 e. The zero-order valence-electron chi connectivity index (χ0n) is 11.0. The molecule has 0 amide bonds. The third kappa shape index (κ3) is 3.09. The van der Waals surface area contributed by atoms with Crippen LogP contribution in [-0.2, 0) is 25.2 Å². The summed E-state index contributed by atoms with van der Waals surface area (Å²) in [5.74, 6) is -2.13. The fourth-order valence-corrected chi connectivity index (χ4v) is 2.89. The lowest BCUT2D eigenvalue weighted by atomic mass is 9.92. The number of hydrogen-bond donors (Lipinski definition) is 2. The van der Waals surface area contributed by atoms with E-state index in [2.05, 4.69) is 0 Å². The molecule has 0 saturated heterocycles. The first-order valence-electron chi connectivity index (χ1n) is 5.64. The van der Waals surface area contributed by atoms with E-state index in [-0.39, 0.29) is 10.0 Å². The molecule has 0 aliphatic carbocycles. The predicted octanol–water partition coefficient (Wildman–Crippen LogP) is 2.08. The number of nitrogens with one attached hydrogen (secondary N) is 1. The van der Waals surface area contributed by atoms with Crippen molar-refractivity contribution in [3.63, 3.8) is 0 Å². The van der Waals surface area contributed by atoms with E-state index in [0.717, 1.165) is 6.26 Å². The number of halogens is 2. The van der Waals surface area contributed by atoms with Crippen LogP contribution in [0.2, 0.25) is 10.0 Å². The van der Waals surface area contributed by atoms with Crippen molar-refractivity contribution >= 4 is 39.0 Å². The summed E-state index contributed by atoms with van der Waals surface area (Å²) in [6.07, 6.45) is 0.868. The zero-order chi connectivity index (χ0) is 16.0. The fraction of sp³-hybridized carbons (Fsp3) is 0.250. The van der Waals surface area contributed by atoms with E-state index < -0.39 is 33.0 Å². The second kappa shape index (κ2) is 5.08. The van der Waals surface area contributed by atoms with Crippen LogP contribution in [0, 0.1) is 0 Å². The topological polar surface area (TPSA) is 92.7 Å². The maximum atomic E-state index is 12.2. The molecule has 1 aliphatic rings. The Bertz CT molecular complexity index is 739. The molecule has 1 aromatic rings. The Morgan fingerprint density at radius 1 is 1.24 bits per heavy atom. The molecule has 0 bridgehead atoms. The van der Waals surface area contributed by atoms with Gasteiger partial charge in [-0.05, 0) is 25.1 Å². The summed E-state index contributed by atoms with van der Waals surface area (Å²) in [5.41, 5.74) is -1.33. The Morgan fingerprint density at radius 2 is 1.76 bits per heavy atom. The van der Waals surface area contributed by atoms with E-state index >= 15 is 0 Å². The van der Waals surface area contributed by atoms with Gasteiger partial charge in [-0.3, -0.25) is 9.52 Å². The van der Waals surface area contributed by atoms with Gasteiger partial charge >= 0.3 is 0 Å². The van der Waals surface area contributed by atoms with E-state index in [1.54, 1.807) is 0 Å².